The van der Waals surface area contributed by atoms with E-state index in [2.05, 4.69) is 70.2 Å². The van der Waals surface area contributed by atoms with Gasteiger partial charge in [0.2, 0.25) is 0 Å². The van der Waals surface area contributed by atoms with Crippen molar-refractivity contribution < 1.29 is 12.7 Å². The van der Waals surface area contributed by atoms with Crippen LogP contribution < -0.4 is 0 Å². The Morgan fingerprint density at radius 3 is 1.95 bits per heavy atom. The molecule has 1 rings (SSSR count). The van der Waals surface area contributed by atoms with Crippen LogP contribution in [0, 0.1) is 0 Å². The van der Waals surface area contributed by atoms with E-state index in [4.69, 9.17) is 20.4 Å². The molecule has 0 saturated heterocycles. The Balaban J connectivity index is 0.000000982. The van der Waals surface area contributed by atoms with E-state index in [-0.39, 0.29) is 7.92 Å². The van der Waals surface area contributed by atoms with Crippen LogP contribution in [0.3, 0.4) is 0 Å². The Kier molecular flexibility index (Phi) is 12.5. The minimum atomic E-state index is 0.138. The topological polar surface area (TPSA) is 0 Å². The summed E-state index contributed by atoms with van der Waals surface area (Å²) in [6, 6.07) is 10.6. The molecule has 0 N–H and O–H groups in total. The molecule has 0 aliphatic rings. The predicted molar refractivity (Wildman–Crippen MR) is 89.2 cm³/mol. The van der Waals surface area contributed by atoms with Crippen molar-refractivity contribution in [2.75, 3.05) is 6.16 Å². The molecule has 0 nitrogen and oxygen atoms in total. The van der Waals surface area contributed by atoms with Gasteiger partial charge in [0.1, 0.15) is 0 Å². The standard InChI is InChI=1S/C15H23P.2ClH.Ni/c1-13(2)16(14(3)4)12-8-11-15-9-6-5-7-10-15;;;/h5-11,13-14H,12H2,1-4H3;2*1H;/q;;;+2/p-2/b11-8+;;;. The van der Waals surface area contributed by atoms with Crippen molar-refractivity contribution in [1.29, 1.82) is 0 Å². The second kappa shape index (κ2) is 12.2. The van der Waals surface area contributed by atoms with Crippen LogP contribution in [0.4, 0.5) is 0 Å². The van der Waals surface area contributed by atoms with Gasteiger partial charge in [-0.3, -0.25) is 0 Å². The molecule has 0 saturated carbocycles. The molecule has 0 spiro atoms. The molecule has 0 unspecified atom stereocenters. The quantitative estimate of drug-likeness (QED) is 0.421. The van der Waals surface area contributed by atoms with Crippen molar-refractivity contribution in [2.24, 2.45) is 0 Å². The van der Waals surface area contributed by atoms with Crippen LogP contribution >= 0.6 is 28.3 Å². The van der Waals surface area contributed by atoms with Gasteiger partial charge in [0.25, 0.3) is 0 Å². The van der Waals surface area contributed by atoms with Gasteiger partial charge in [-0.15, -0.1) is 0 Å². The van der Waals surface area contributed by atoms with Crippen LogP contribution in [-0.2, 0) is 12.7 Å². The molecule has 0 amide bonds. The molecule has 1 aromatic carbocycles. The Morgan fingerprint density at radius 1 is 1.05 bits per heavy atom. The van der Waals surface area contributed by atoms with Gasteiger partial charge in [-0.2, -0.15) is 0 Å². The van der Waals surface area contributed by atoms with E-state index in [1.807, 2.05) is 0 Å². The van der Waals surface area contributed by atoms with Crippen LogP contribution in [0.25, 0.3) is 6.08 Å². The van der Waals surface area contributed by atoms with Gasteiger partial charge in [0.15, 0.2) is 0 Å². The van der Waals surface area contributed by atoms with Gasteiger partial charge in [0, 0.05) is 0 Å². The number of halogens is 2. The summed E-state index contributed by atoms with van der Waals surface area (Å²) < 4.78 is 0. The summed E-state index contributed by atoms with van der Waals surface area (Å²) in [4.78, 5) is 0. The molecule has 0 aliphatic carbocycles. The molecule has 19 heavy (non-hydrogen) atoms. The first-order chi connectivity index (χ1) is 9.02. The minimum absolute atomic E-state index is 0.138. The first-order valence-corrected chi connectivity index (χ1v) is 10.7. The SMILES string of the molecule is CC(C)P(C/C=C/c1ccccc1)C(C)C.[Cl][Ni][Cl]. The fourth-order valence-corrected chi connectivity index (χ4v) is 4.28. The summed E-state index contributed by atoms with van der Waals surface area (Å²) in [5, 5.41) is 0. The Morgan fingerprint density at radius 2 is 1.53 bits per heavy atom. The molecule has 4 heteroatoms. The Labute approximate surface area is 134 Å². The van der Waals surface area contributed by atoms with E-state index in [0.29, 0.717) is 12.7 Å². The average Bonchev–Trinajstić information content (AvgIpc) is 2.36. The van der Waals surface area contributed by atoms with Gasteiger partial charge >= 0.3 is 33.0 Å². The van der Waals surface area contributed by atoms with Crippen LogP contribution in [0.15, 0.2) is 36.4 Å². The van der Waals surface area contributed by atoms with E-state index in [0.717, 1.165) is 11.3 Å². The molecular weight excluding hydrogens is 341 g/mol. The molecule has 0 atom stereocenters. The third-order valence-electron chi connectivity index (χ3n) is 2.75. The van der Waals surface area contributed by atoms with Gasteiger partial charge in [-0.05, 0) is 23.0 Å². The molecule has 1 aromatic rings. The summed E-state index contributed by atoms with van der Waals surface area (Å²) in [6.45, 7) is 9.40. The number of allylic oxidation sites excluding steroid dienone is 1. The van der Waals surface area contributed by atoms with Crippen molar-refractivity contribution in [3.63, 3.8) is 0 Å². The van der Waals surface area contributed by atoms with Crippen LogP contribution in [0.5, 0.6) is 0 Å². The zero-order valence-electron chi connectivity index (χ0n) is 11.9. The molecular formula is C15H23Cl2NiP. The van der Waals surface area contributed by atoms with Crippen LogP contribution in [0.1, 0.15) is 33.3 Å². The molecule has 0 bridgehead atoms. The molecule has 0 aromatic heterocycles. The van der Waals surface area contributed by atoms with Gasteiger partial charge in [0.05, 0.1) is 0 Å². The fourth-order valence-electron chi connectivity index (χ4n) is 1.89. The first kappa shape index (κ1) is 19.5. The Bertz CT molecular complexity index is 331. The van der Waals surface area contributed by atoms with Crippen molar-refractivity contribution in [2.45, 2.75) is 39.0 Å². The zero-order chi connectivity index (χ0) is 14.7. The Hall–Kier alpha value is 0.464. The summed E-state index contributed by atoms with van der Waals surface area (Å²) in [6.07, 6.45) is 5.85. The van der Waals surface area contributed by atoms with Gasteiger partial charge in [-0.25, -0.2) is 0 Å². The maximum absolute atomic E-state index is 4.70. The summed E-state index contributed by atoms with van der Waals surface area (Å²) in [5.74, 6) is 0. The molecule has 112 valence electrons. The normalized spacial score (nSPS) is 11.4. The number of hydrogen-bond acceptors (Lipinski definition) is 0. The first-order valence-electron chi connectivity index (χ1n) is 6.32. The average molecular weight is 364 g/mol. The van der Waals surface area contributed by atoms with Gasteiger partial charge < -0.3 is 0 Å². The fraction of sp³-hybridized carbons (Fsp3) is 0.467. The predicted octanol–water partition coefficient (Wildman–Crippen LogP) is 6.38. The zero-order valence-corrected chi connectivity index (χ0v) is 15.3. The second-order valence-corrected chi connectivity index (χ2v) is 9.83. The summed E-state index contributed by atoms with van der Waals surface area (Å²) in [5.41, 5.74) is 2.97. The van der Waals surface area contributed by atoms with E-state index in [1.165, 1.54) is 11.7 Å². The third-order valence-corrected chi connectivity index (χ3v) is 6.04. The molecule has 0 aliphatic heterocycles. The third kappa shape index (κ3) is 9.92. The van der Waals surface area contributed by atoms with E-state index >= 15 is 0 Å². The monoisotopic (exact) mass is 362 g/mol. The van der Waals surface area contributed by atoms with E-state index in [1.54, 1.807) is 0 Å². The number of benzene rings is 1. The second-order valence-electron chi connectivity index (χ2n) is 4.74. The van der Waals surface area contributed by atoms with Gasteiger partial charge in [-0.1, -0.05) is 78.1 Å². The van der Waals surface area contributed by atoms with Crippen LogP contribution in [0.2, 0.25) is 0 Å². The van der Waals surface area contributed by atoms with Crippen LogP contribution in [-0.4, -0.2) is 17.5 Å². The number of hydrogen-bond donors (Lipinski definition) is 0. The van der Waals surface area contributed by atoms with E-state index < -0.39 is 0 Å². The molecule has 0 radical (unpaired) electrons. The van der Waals surface area contributed by atoms with E-state index in [9.17, 15) is 0 Å². The number of rotatable bonds is 5. The van der Waals surface area contributed by atoms with Crippen molar-refractivity contribution in [3.8, 4) is 0 Å². The summed E-state index contributed by atoms with van der Waals surface area (Å²) >= 11 is 0.569. The molecule has 0 heterocycles. The van der Waals surface area contributed by atoms with Crippen molar-refractivity contribution >= 4 is 34.4 Å². The molecule has 0 fully saturated rings. The summed E-state index contributed by atoms with van der Waals surface area (Å²) in [7, 11) is 9.54. The maximum atomic E-state index is 4.70. The van der Waals surface area contributed by atoms with Crippen molar-refractivity contribution in [1.82, 2.24) is 0 Å². The van der Waals surface area contributed by atoms with Crippen molar-refractivity contribution in [3.05, 3.63) is 42.0 Å².